The van der Waals surface area contributed by atoms with Crippen molar-refractivity contribution in [3.8, 4) is 11.1 Å². The van der Waals surface area contributed by atoms with Crippen LogP contribution in [0.3, 0.4) is 0 Å². The van der Waals surface area contributed by atoms with Crippen LogP contribution in [0.25, 0.3) is 17.2 Å². The number of aromatic nitrogens is 1. The number of carboxylic acid groups (broad SMARTS) is 1. The second-order valence-electron chi connectivity index (χ2n) is 9.97. The summed E-state index contributed by atoms with van der Waals surface area (Å²) in [7, 11) is 0. The highest BCUT2D eigenvalue weighted by atomic mass is 19.4. The average Bonchev–Trinajstić information content (AvgIpc) is 3.26. The molecule has 1 atom stereocenters. The zero-order valence-corrected chi connectivity index (χ0v) is 22.9. The maximum Gasteiger partial charge on any atom is 0.416 e. The normalized spacial score (nSPS) is 13.7. The van der Waals surface area contributed by atoms with E-state index in [2.05, 4.69) is 4.98 Å². The van der Waals surface area contributed by atoms with Crippen LogP contribution >= 0.6 is 0 Å². The Labute approximate surface area is 249 Å². The highest BCUT2D eigenvalue weighted by molar-refractivity contribution is 6.52. The number of hydrogen-bond acceptors (Lipinski definition) is 5. The average molecular weight is 600 g/mol. The van der Waals surface area contributed by atoms with E-state index in [9.17, 15) is 37.5 Å². The molecule has 4 aromatic rings. The fourth-order valence-electron chi connectivity index (χ4n) is 4.84. The molecule has 0 aliphatic carbocycles. The summed E-state index contributed by atoms with van der Waals surface area (Å²) >= 11 is 0. The van der Waals surface area contributed by atoms with E-state index < -0.39 is 47.9 Å². The van der Waals surface area contributed by atoms with Crippen molar-refractivity contribution < 1.29 is 37.5 Å². The lowest BCUT2D eigenvalue weighted by Crippen LogP contribution is -2.51. The monoisotopic (exact) mass is 599 g/mol. The first kappa shape index (κ1) is 29.9. The van der Waals surface area contributed by atoms with Gasteiger partial charge in [0, 0.05) is 25.0 Å². The molecule has 0 saturated carbocycles. The van der Waals surface area contributed by atoms with Crippen LogP contribution in [0.5, 0.6) is 0 Å². The molecule has 3 aromatic carbocycles. The number of para-hydroxylation sites is 1. The van der Waals surface area contributed by atoms with Crippen LogP contribution in [0.1, 0.15) is 27.0 Å². The third-order valence-electron chi connectivity index (χ3n) is 7.16. The number of carbonyl (C=O) groups is 4. The summed E-state index contributed by atoms with van der Waals surface area (Å²) in [6.07, 6.45) is 1.11. The van der Waals surface area contributed by atoms with Gasteiger partial charge in [-0.25, -0.2) is 4.79 Å². The van der Waals surface area contributed by atoms with E-state index in [1.165, 1.54) is 30.3 Å². The van der Waals surface area contributed by atoms with E-state index in [1.54, 1.807) is 48.8 Å². The summed E-state index contributed by atoms with van der Waals surface area (Å²) < 4.78 is 38.9. The number of hydrogen-bond donors (Lipinski definition) is 1. The number of Topliss-reactive ketones (excluding diaryl/α,β-unsaturated/α-hetero) is 1. The predicted molar refractivity (Wildman–Crippen MR) is 155 cm³/mol. The van der Waals surface area contributed by atoms with Gasteiger partial charge in [-0.3, -0.25) is 19.4 Å². The second kappa shape index (κ2) is 12.3. The fraction of sp³-hybridized carbons (Fsp3) is 0.121. The minimum absolute atomic E-state index is 0.133. The fourth-order valence-corrected chi connectivity index (χ4v) is 4.84. The molecule has 1 N–H and O–H groups in total. The number of anilines is 1. The Morgan fingerprint density at radius 2 is 1.52 bits per heavy atom. The van der Waals surface area contributed by atoms with Crippen LogP contribution in [0.15, 0.2) is 103 Å². The first-order valence-electron chi connectivity index (χ1n) is 13.4. The Balaban J connectivity index is 1.45. The number of pyridine rings is 1. The number of alkyl halides is 3. The number of aliphatic carboxylic acids is 1. The lowest BCUT2D eigenvalue weighted by Gasteiger charge is -2.31. The van der Waals surface area contributed by atoms with Gasteiger partial charge in [0.1, 0.15) is 6.04 Å². The number of carboxylic acids is 1. The summed E-state index contributed by atoms with van der Waals surface area (Å²) in [6, 6.07) is 19.4. The van der Waals surface area contributed by atoms with Crippen LogP contribution in [-0.2, 0) is 27.1 Å². The first-order chi connectivity index (χ1) is 21.0. The molecule has 8 nitrogen and oxygen atoms in total. The summed E-state index contributed by atoms with van der Waals surface area (Å²) in [6.45, 7) is -0.687. The second-order valence-corrected chi connectivity index (χ2v) is 9.97. The third kappa shape index (κ3) is 6.41. The van der Waals surface area contributed by atoms with Gasteiger partial charge in [0.25, 0.3) is 11.7 Å². The van der Waals surface area contributed by atoms with Gasteiger partial charge in [0.2, 0.25) is 5.91 Å². The molecule has 0 fully saturated rings. The number of rotatable bonds is 9. The van der Waals surface area contributed by atoms with Crippen molar-refractivity contribution in [2.75, 3.05) is 11.4 Å². The molecule has 0 spiro atoms. The molecule has 5 rings (SSSR count). The molecule has 222 valence electrons. The maximum absolute atomic E-state index is 13.6. The number of benzene rings is 3. The van der Waals surface area contributed by atoms with Gasteiger partial charge in [-0.1, -0.05) is 48.5 Å². The molecule has 0 bridgehead atoms. The van der Waals surface area contributed by atoms with E-state index >= 15 is 0 Å². The largest absolute Gasteiger partial charge is 0.480 e. The highest BCUT2D eigenvalue weighted by Crippen LogP contribution is 2.31. The van der Waals surface area contributed by atoms with Crippen molar-refractivity contribution in [3.63, 3.8) is 0 Å². The van der Waals surface area contributed by atoms with Gasteiger partial charge in [0.05, 0.1) is 23.4 Å². The van der Waals surface area contributed by atoms with Crippen LogP contribution in [0, 0.1) is 0 Å². The summed E-state index contributed by atoms with van der Waals surface area (Å²) in [4.78, 5) is 57.6. The molecule has 2 amide bonds. The lowest BCUT2D eigenvalue weighted by molar-refractivity contribution is -0.148. The molecular formula is C33H24F3N3O5. The summed E-state index contributed by atoms with van der Waals surface area (Å²) in [5, 5.41) is 10.3. The number of carbonyl (C=O) groups excluding carboxylic acids is 3. The Morgan fingerprint density at radius 1 is 0.886 bits per heavy atom. The summed E-state index contributed by atoms with van der Waals surface area (Å²) in [5.74, 6) is -3.87. The predicted octanol–water partition coefficient (Wildman–Crippen LogP) is 5.49. The Bertz CT molecular complexity index is 1740. The molecule has 1 aromatic heterocycles. The van der Waals surface area contributed by atoms with Crippen molar-refractivity contribution in [2.24, 2.45) is 0 Å². The SMILES string of the molecule is O=C1C(=O)N(CC(C(=O)O)N(Cc2ccc(-c3ccncc3)cc2)C(=O)/C=C/c2ccc(C(F)(F)F)cc2)c2ccccc21. The molecule has 1 unspecified atom stereocenters. The van der Waals surface area contributed by atoms with E-state index in [0.717, 1.165) is 39.1 Å². The third-order valence-corrected chi connectivity index (χ3v) is 7.16. The number of halogens is 3. The molecule has 0 saturated heterocycles. The topological polar surface area (TPSA) is 108 Å². The van der Waals surface area contributed by atoms with Crippen molar-refractivity contribution in [3.05, 3.63) is 126 Å². The molecule has 1 aliphatic rings. The maximum atomic E-state index is 13.6. The Hall–Kier alpha value is -5.58. The van der Waals surface area contributed by atoms with Gasteiger partial charge in [-0.15, -0.1) is 0 Å². The van der Waals surface area contributed by atoms with Crippen molar-refractivity contribution in [1.29, 1.82) is 0 Å². The highest BCUT2D eigenvalue weighted by Gasteiger charge is 2.40. The van der Waals surface area contributed by atoms with Crippen LogP contribution in [0.4, 0.5) is 18.9 Å². The number of amides is 2. The van der Waals surface area contributed by atoms with E-state index in [1.807, 2.05) is 12.1 Å². The minimum atomic E-state index is -4.52. The molecule has 11 heteroatoms. The molecular weight excluding hydrogens is 575 g/mol. The van der Waals surface area contributed by atoms with Crippen molar-refractivity contribution in [2.45, 2.75) is 18.8 Å². The number of nitrogens with zero attached hydrogens (tertiary/aromatic N) is 3. The molecule has 44 heavy (non-hydrogen) atoms. The van der Waals surface area contributed by atoms with Crippen LogP contribution in [0.2, 0.25) is 0 Å². The van der Waals surface area contributed by atoms with Gasteiger partial charge < -0.3 is 14.9 Å². The van der Waals surface area contributed by atoms with E-state index in [-0.39, 0.29) is 23.4 Å². The van der Waals surface area contributed by atoms with Crippen molar-refractivity contribution in [1.82, 2.24) is 9.88 Å². The van der Waals surface area contributed by atoms with E-state index in [4.69, 9.17) is 0 Å². The number of ketones is 1. The molecule has 1 aliphatic heterocycles. The zero-order valence-electron chi connectivity index (χ0n) is 22.9. The van der Waals surface area contributed by atoms with Crippen molar-refractivity contribution >= 4 is 35.3 Å². The van der Waals surface area contributed by atoms with Crippen LogP contribution < -0.4 is 4.90 Å². The Morgan fingerprint density at radius 3 is 2.16 bits per heavy atom. The molecule has 0 radical (unpaired) electrons. The van der Waals surface area contributed by atoms with E-state index in [0.29, 0.717) is 5.56 Å². The molecule has 2 heterocycles. The summed E-state index contributed by atoms with van der Waals surface area (Å²) in [5.41, 5.74) is 2.15. The lowest BCUT2D eigenvalue weighted by atomic mass is 10.0. The quantitative estimate of drug-likeness (QED) is 0.201. The van der Waals surface area contributed by atoms with Gasteiger partial charge in [0.15, 0.2) is 0 Å². The Kier molecular flexibility index (Phi) is 8.38. The van der Waals surface area contributed by atoms with Crippen LogP contribution in [-0.4, -0.2) is 51.1 Å². The first-order valence-corrected chi connectivity index (χ1v) is 13.4. The van der Waals surface area contributed by atoms with Gasteiger partial charge in [-0.05, 0) is 64.7 Å². The zero-order chi connectivity index (χ0) is 31.4. The minimum Gasteiger partial charge on any atom is -0.480 e. The smallest absolute Gasteiger partial charge is 0.416 e. The van der Waals surface area contributed by atoms with Gasteiger partial charge in [-0.2, -0.15) is 13.2 Å². The van der Waals surface area contributed by atoms with Gasteiger partial charge >= 0.3 is 12.1 Å². The standard InChI is InChI=1S/C33H24F3N3O5/c34-33(35,36)25-12-7-21(8-13-25)9-14-29(40)38(19-22-5-10-23(11-6-22)24-15-17-37-18-16-24)28(32(43)44)20-39-27-4-2-1-3-26(27)30(41)31(39)42/h1-18,28H,19-20H2,(H,43,44)/b14-9+. The number of fused-ring (bicyclic) bond motifs is 1.